The number of hydrogen-bond donors (Lipinski definition) is 11. The van der Waals surface area contributed by atoms with Crippen molar-refractivity contribution in [3.63, 3.8) is 0 Å². The van der Waals surface area contributed by atoms with E-state index in [1.54, 1.807) is 49.8 Å². The summed E-state index contributed by atoms with van der Waals surface area (Å²) < 4.78 is 67.4. The van der Waals surface area contributed by atoms with Gasteiger partial charge < -0.3 is 116 Å². The monoisotopic (exact) mass is 1610 g/mol. The van der Waals surface area contributed by atoms with Gasteiger partial charge in [-0.25, -0.2) is 24.2 Å². The zero-order chi connectivity index (χ0) is 83.1. The molecule has 0 aromatic rings. The Kier molecular flexibility index (Phi) is 78.1. The molecule has 0 saturated carbocycles. The van der Waals surface area contributed by atoms with Crippen molar-refractivity contribution in [2.75, 3.05) is 302 Å². The van der Waals surface area contributed by atoms with Crippen LogP contribution >= 0.6 is 0 Å². The van der Waals surface area contributed by atoms with Crippen LogP contribution in [0.2, 0.25) is 0 Å². The third-order valence-corrected chi connectivity index (χ3v) is 19.6. The van der Waals surface area contributed by atoms with Gasteiger partial charge in [-0.15, -0.1) is 35.2 Å². The second-order valence-electron chi connectivity index (χ2n) is 31.1. The highest BCUT2D eigenvalue weighted by atomic mass is 16.7. The first-order valence-electron chi connectivity index (χ1n) is 41.7. The van der Waals surface area contributed by atoms with Gasteiger partial charge in [0.1, 0.15) is 25.3 Å². The molecule has 111 heavy (non-hydrogen) atoms. The molecule has 0 aromatic heterocycles. The molecule has 9 rings (SSSR count). The van der Waals surface area contributed by atoms with Crippen molar-refractivity contribution < 1.29 is 140 Å². The molecular weight excluding hydrogens is 1430 g/mol. The highest BCUT2D eigenvalue weighted by molar-refractivity contribution is 4.79. The lowest BCUT2D eigenvalue weighted by Crippen LogP contribution is -3.08. The second kappa shape index (κ2) is 77.4. The molecule has 11 N–H and O–H groups in total. The van der Waals surface area contributed by atoms with E-state index in [9.17, 15) is 0 Å². The summed E-state index contributed by atoms with van der Waals surface area (Å²) in [5.41, 5.74) is 0.422. The molecule has 29 heteroatoms. The third-order valence-electron chi connectivity index (χ3n) is 19.6. The van der Waals surface area contributed by atoms with Crippen molar-refractivity contribution in [3.05, 3.63) is 77.5 Å². The fourth-order valence-corrected chi connectivity index (χ4v) is 12.6. The Balaban J connectivity index is 0. The van der Waals surface area contributed by atoms with E-state index >= 15 is 0 Å². The maximum absolute atomic E-state index is 5.51. The minimum absolute atomic E-state index is 0.358. The molecule has 0 spiro atoms. The van der Waals surface area contributed by atoms with Crippen LogP contribution in [0, 0.1) is 113 Å². The van der Waals surface area contributed by atoms with E-state index in [0.29, 0.717) is 29.5 Å². The van der Waals surface area contributed by atoms with E-state index in [2.05, 4.69) is 113 Å². The number of ether oxygens (including phenoxy) is 13. The molecular formula is C82H179N11O18. The maximum Gasteiger partial charge on any atom is 0.108 e. The average molecular weight is 1610 g/mol. The van der Waals surface area contributed by atoms with Crippen LogP contribution in [0.1, 0.15) is 111 Å². The van der Waals surface area contributed by atoms with Crippen LogP contribution in [0.5, 0.6) is 0 Å². The lowest BCUT2D eigenvalue weighted by atomic mass is 9.88. The highest BCUT2D eigenvalue weighted by Gasteiger charge is 2.35. The molecule has 0 radical (unpaired) electrons. The minimum atomic E-state index is 0.358. The fourth-order valence-electron chi connectivity index (χ4n) is 12.6. The zero-order valence-corrected chi connectivity index (χ0v) is 73.7. The van der Waals surface area contributed by atoms with Gasteiger partial charge in [0.05, 0.1) is 198 Å². The number of hydrogen-bond acceptors (Lipinski definition) is 18. The molecule has 0 amide bonds. The topological polar surface area (TPSA) is 215 Å². The smallest absolute Gasteiger partial charge is 0.108 e. The maximum atomic E-state index is 5.51. The van der Waals surface area contributed by atoms with E-state index in [4.69, 9.17) is 85.8 Å². The zero-order valence-electron chi connectivity index (χ0n) is 73.7. The SMILES string of the molecule is [CH2-][NH+](C)C1CCOCC1.[CH2-][NH+](C)CC1(C)COC1.[CH2-][NH+](C)CC1CCOCC1.[CH2-][NH+](C)CC1COC1.[CH2-][NH+](CC1CCCCO1)OC.[CH2-][NH+](CC1CCCO1)OC.[CH2-][NH+](CC1CCCOC1)OC.[CH2-][NH+](CC1CCOC1)OC.[CH2-][NH+](CC1CCOCC1)OC.[CH2-][NH+](CCOC)CCOC.[CH2-][NH+](CCOCC)CCOCC. The lowest BCUT2D eigenvalue weighted by Gasteiger charge is -2.39. The van der Waals surface area contributed by atoms with Crippen LogP contribution in [0.3, 0.4) is 0 Å². The van der Waals surface area contributed by atoms with Crippen molar-refractivity contribution in [2.45, 2.75) is 129 Å². The lowest BCUT2D eigenvalue weighted by molar-refractivity contribution is -1.05. The number of quaternary nitrogens is 11. The number of methoxy groups -OCH3 is 2. The Labute approximate surface area is 680 Å². The summed E-state index contributed by atoms with van der Waals surface area (Å²) in [6.07, 6.45) is 17.4. The first-order valence-corrected chi connectivity index (χ1v) is 41.7. The summed E-state index contributed by atoms with van der Waals surface area (Å²) in [5, 5.41) is 4.30. The van der Waals surface area contributed by atoms with E-state index in [0.717, 1.165) is 299 Å². The molecule has 0 aliphatic carbocycles. The summed E-state index contributed by atoms with van der Waals surface area (Å²) >= 11 is 0. The third kappa shape index (κ3) is 71.5. The van der Waals surface area contributed by atoms with Crippen LogP contribution in [-0.2, 0) is 85.8 Å². The first kappa shape index (κ1) is 112. The second-order valence-corrected chi connectivity index (χ2v) is 31.1. The Morgan fingerprint density at radius 2 is 0.685 bits per heavy atom. The molecule has 13 unspecified atom stereocenters. The van der Waals surface area contributed by atoms with Gasteiger partial charge in [-0.3, -0.25) is 0 Å². The quantitative estimate of drug-likeness (QED) is 0.0160. The molecule has 0 bridgehead atoms. The van der Waals surface area contributed by atoms with Crippen molar-refractivity contribution in [1.82, 2.24) is 0 Å². The summed E-state index contributed by atoms with van der Waals surface area (Å²) in [6.45, 7) is 37.6. The molecule has 9 heterocycles. The van der Waals surface area contributed by atoms with Gasteiger partial charge in [0.15, 0.2) is 0 Å². The molecule has 9 aliphatic rings. The van der Waals surface area contributed by atoms with Crippen LogP contribution in [-0.4, -0.2) is 320 Å². The van der Waals surface area contributed by atoms with Crippen molar-refractivity contribution in [3.8, 4) is 0 Å². The summed E-state index contributed by atoms with van der Waals surface area (Å²) in [7, 11) is 62.3. The van der Waals surface area contributed by atoms with Gasteiger partial charge in [0.25, 0.3) is 0 Å². The summed E-state index contributed by atoms with van der Waals surface area (Å²) in [4.78, 5) is 32.5. The van der Waals surface area contributed by atoms with Gasteiger partial charge >= 0.3 is 0 Å². The molecule has 13 atom stereocenters. The molecule has 9 saturated heterocycles. The molecule has 0 aromatic carbocycles. The van der Waals surface area contributed by atoms with Gasteiger partial charge in [0.2, 0.25) is 0 Å². The predicted molar refractivity (Wildman–Crippen MR) is 433 cm³/mol. The Bertz CT molecular complexity index is 1760. The van der Waals surface area contributed by atoms with Crippen molar-refractivity contribution in [1.29, 1.82) is 0 Å². The molecule has 9 aliphatic heterocycles. The largest absolute Gasteiger partial charge is 0.470 e. The van der Waals surface area contributed by atoms with Crippen molar-refractivity contribution in [2.24, 2.45) is 35.0 Å². The van der Waals surface area contributed by atoms with E-state index < -0.39 is 0 Å². The van der Waals surface area contributed by atoms with Gasteiger partial charge in [-0.1, -0.05) is 0 Å². The normalized spacial score (nSPS) is 23.6. The van der Waals surface area contributed by atoms with Gasteiger partial charge in [-0.05, 0) is 97.8 Å². The Hall–Kier alpha value is -1.16. The predicted octanol–water partition coefficient (Wildman–Crippen LogP) is -6.09. The summed E-state index contributed by atoms with van der Waals surface area (Å²) in [5.74, 6) is 3.65. The Morgan fingerprint density at radius 3 is 0.991 bits per heavy atom. The van der Waals surface area contributed by atoms with Crippen molar-refractivity contribution >= 4 is 0 Å². The molecule has 670 valence electrons. The van der Waals surface area contributed by atoms with Crippen LogP contribution in [0.4, 0.5) is 0 Å². The number of hydroxylamine groups is 10. The molecule has 29 nitrogen and oxygen atoms in total. The highest BCUT2D eigenvalue weighted by Crippen LogP contribution is 2.24. The summed E-state index contributed by atoms with van der Waals surface area (Å²) in [6, 6.07) is 0.735. The van der Waals surface area contributed by atoms with E-state index in [-0.39, 0.29) is 0 Å². The van der Waals surface area contributed by atoms with Crippen LogP contribution < -0.4 is 54.7 Å². The molecule has 9 fully saturated rings. The number of nitrogens with one attached hydrogen (secondary N) is 11. The fraction of sp³-hybridized carbons (Fsp3) is 0.866. The van der Waals surface area contributed by atoms with Crippen LogP contribution in [0.15, 0.2) is 0 Å². The van der Waals surface area contributed by atoms with E-state index in [1.807, 2.05) is 13.8 Å². The first-order chi connectivity index (χ1) is 53.2. The van der Waals surface area contributed by atoms with Gasteiger partial charge in [-0.2, -0.15) is 42.3 Å². The van der Waals surface area contributed by atoms with Gasteiger partial charge in [0, 0.05) is 145 Å². The van der Waals surface area contributed by atoms with Crippen LogP contribution in [0.25, 0.3) is 0 Å². The average Bonchev–Trinajstić information content (AvgIpc) is 1.79. The number of rotatable bonds is 36. The standard InChI is InChI=1S/C9H21NO2.3C8H17NO2.C8H17NO.2C7H15NO2.C7H17NO2.2C7H15NO.C6H13NO/c1-4-11-8-6-10(3)7-9-12-5-2;1-9(10-2)7-8-3-5-11-6-4-8;1-9(10-2)6-8-4-3-5-11-7-8;1-9(10-2)7-8-5-3-4-6-11-8;1-9(2)7-8-3-5-10-6-4-8;1-8(9-2)5-7-3-4-10-6-7;1-8(9-2)6-7-4-3-5-10-7;1-8(4-6-9-2)5-7-10-3;1-7(4-8(2)3)5-9-6-7;1-8(2)7-3-5-9-6-4-7;1-7(2)3-6-4-8-5-6/h10H,3-9H2,1-2H3;3*8-9H,1,3-7H2,2H3;8-9H,1,3-7H2,2H3;2*7-8H,1,3-6H2,2H3;8H,1,4-7H2,2-3H3;8H,2,4-6H2,1,3H3;7-8H,1,3-6H2,2H3;6-7H,1,3-5H2,2H3. The minimum Gasteiger partial charge on any atom is -0.470 e. The Morgan fingerprint density at radius 1 is 0.333 bits per heavy atom. The van der Waals surface area contributed by atoms with E-state index in [1.165, 1.54) is 93.7 Å².